The monoisotopic (exact) mass is 1120 g/mol. The molecule has 4 heterocycles. The summed E-state index contributed by atoms with van der Waals surface area (Å²) in [5.74, 6) is 9.53. The zero-order valence-corrected chi connectivity index (χ0v) is 45.7. The van der Waals surface area contributed by atoms with Gasteiger partial charge in [0, 0.05) is 36.7 Å². The van der Waals surface area contributed by atoms with Crippen molar-refractivity contribution >= 4 is 50.8 Å². The fourth-order valence-electron chi connectivity index (χ4n) is 9.95. The van der Waals surface area contributed by atoms with Crippen molar-refractivity contribution in [1.29, 1.82) is 0 Å². The van der Waals surface area contributed by atoms with Crippen molar-refractivity contribution < 1.29 is 24.5 Å². The van der Waals surface area contributed by atoms with Gasteiger partial charge in [-0.15, -0.1) is 17.7 Å². The summed E-state index contributed by atoms with van der Waals surface area (Å²) in [4.78, 5) is 15.0. The van der Waals surface area contributed by atoms with Crippen molar-refractivity contribution in [3.8, 4) is 39.6 Å². The Morgan fingerprint density at radius 3 is 2.18 bits per heavy atom. The van der Waals surface area contributed by atoms with Gasteiger partial charge in [-0.25, -0.2) is 4.98 Å². The van der Waals surface area contributed by atoms with Gasteiger partial charge in [0.2, 0.25) is 5.71 Å². The molecule has 0 atom stereocenters. The molecular weight excluding hydrogens is 1060 g/mol. The van der Waals surface area contributed by atoms with Gasteiger partial charge in [0.25, 0.3) is 0 Å². The second-order valence-electron chi connectivity index (χ2n) is 21.0. The van der Waals surface area contributed by atoms with Crippen molar-refractivity contribution in [1.82, 2.24) is 19.5 Å². The van der Waals surface area contributed by atoms with Gasteiger partial charge >= 0.3 is 137 Å². The van der Waals surface area contributed by atoms with Gasteiger partial charge in [-0.1, -0.05) is 88.9 Å². The molecule has 0 bridgehead atoms. The molecule has 5 nitrogen and oxygen atoms in total. The van der Waals surface area contributed by atoms with Crippen LogP contribution in [-0.2, 0) is 31.9 Å². The fourth-order valence-corrected chi connectivity index (χ4v) is 13.3. The van der Waals surface area contributed by atoms with Crippen LogP contribution in [-0.4, -0.2) is 32.8 Å². The van der Waals surface area contributed by atoms with Crippen LogP contribution in [0.15, 0.2) is 120 Å². The van der Waals surface area contributed by atoms with Crippen LogP contribution in [0.5, 0.6) is 0 Å². The molecular formula is C60H64GeIrN4O-2. The van der Waals surface area contributed by atoms with E-state index in [0.717, 1.165) is 78.5 Å². The van der Waals surface area contributed by atoms with E-state index in [1.165, 1.54) is 54.4 Å². The number of nitrogens with zero attached hydrogens (tertiary/aromatic N) is 4. The largest absolute Gasteiger partial charge is 0 e. The minimum absolute atomic E-state index is 0. The first-order valence-electron chi connectivity index (χ1n) is 24.0. The number of imidazole rings is 1. The molecule has 10 rings (SSSR count). The van der Waals surface area contributed by atoms with E-state index in [2.05, 4.69) is 193 Å². The minimum atomic E-state index is -1.87. The molecule has 0 unspecified atom stereocenters. The topological polar surface area (TPSA) is 56.7 Å². The van der Waals surface area contributed by atoms with E-state index >= 15 is 0 Å². The number of fused-ring (bicyclic) bond motifs is 4. The number of aromatic nitrogens is 4. The second-order valence-corrected chi connectivity index (χ2v) is 31.6. The molecule has 345 valence electrons. The SMILES string of the molecule is Cc1cccc(C)c1-c1ccc2c(n1)oc1c(-c3nc4ccc(C(C)C)cc4n3-c3ccc(C(C)(C)C)cc3)[c-]cc(C)c12.[CH3][Ge]([CH3])([CH3])[c]1cnc(-c2[c-]cccc2)cc1CC1CCCC1.[Ir]. The van der Waals surface area contributed by atoms with E-state index < -0.39 is 13.3 Å². The smallest absolute Gasteiger partial charge is 0 e. The van der Waals surface area contributed by atoms with E-state index in [0.29, 0.717) is 11.6 Å². The predicted octanol–water partition coefficient (Wildman–Crippen LogP) is 15.6. The summed E-state index contributed by atoms with van der Waals surface area (Å²) >= 11 is -1.87. The number of rotatable bonds is 8. The van der Waals surface area contributed by atoms with Crippen molar-refractivity contribution in [3.63, 3.8) is 0 Å². The molecule has 0 amide bonds. The van der Waals surface area contributed by atoms with E-state index in [1.807, 2.05) is 12.1 Å². The predicted molar refractivity (Wildman–Crippen MR) is 280 cm³/mol. The number of furan rings is 1. The van der Waals surface area contributed by atoms with E-state index in [4.69, 9.17) is 19.4 Å². The summed E-state index contributed by atoms with van der Waals surface area (Å²) in [6.45, 7) is 17.6. The third-order valence-electron chi connectivity index (χ3n) is 13.7. The van der Waals surface area contributed by atoms with E-state index in [1.54, 1.807) is 9.96 Å². The van der Waals surface area contributed by atoms with E-state index in [9.17, 15) is 0 Å². The summed E-state index contributed by atoms with van der Waals surface area (Å²) in [5, 5.41) is 2.06. The Morgan fingerprint density at radius 2 is 1.52 bits per heavy atom. The molecule has 0 N–H and O–H groups in total. The molecule has 1 radical (unpaired) electrons. The minimum Gasteiger partial charge on any atom is 0 e. The number of pyridine rings is 2. The maximum Gasteiger partial charge on any atom is 0 e. The van der Waals surface area contributed by atoms with Crippen LogP contribution in [0.25, 0.3) is 72.7 Å². The zero-order chi connectivity index (χ0) is 46.5. The maximum absolute atomic E-state index is 6.68. The van der Waals surface area contributed by atoms with Gasteiger partial charge in [-0.05, 0) is 83.8 Å². The first kappa shape index (κ1) is 48.3. The third kappa shape index (κ3) is 9.91. The van der Waals surface area contributed by atoms with Crippen LogP contribution in [0, 0.1) is 38.8 Å². The summed E-state index contributed by atoms with van der Waals surface area (Å²) < 4.78 is 10.5. The summed E-state index contributed by atoms with van der Waals surface area (Å²) in [6.07, 6.45) is 9.08. The zero-order valence-electron chi connectivity index (χ0n) is 41.2. The standard InChI is InChI=1S/C40H38N3O.C20H26GeN.Ir/c1-23(2)27-13-20-32-34(22-27)43(29-16-14-28(15-17-29)40(6,7)8)38(41-32)31-18-12-26(5)36-30-19-21-33(42-39(30)44-37(31)36)35-24(3)10-9-11-25(35)4;1-21(2,3)19-15-22-20(17-11-5-4-6-12-17)14-18(19)13-16-9-7-8-10-16;/h9-17,19-23H,1-8H3;4-6,11,14-16H,7-10,13H2,1-3H3;/q2*-1;. The molecule has 1 saturated carbocycles. The molecule has 67 heavy (non-hydrogen) atoms. The fraction of sp³-hybridized carbons (Fsp3) is 0.317. The first-order valence-corrected chi connectivity index (χ1v) is 31.3. The van der Waals surface area contributed by atoms with Crippen LogP contribution in [0.3, 0.4) is 0 Å². The molecule has 1 aliphatic rings. The molecule has 5 aromatic carbocycles. The maximum atomic E-state index is 6.68. The van der Waals surface area contributed by atoms with Gasteiger partial charge in [0.15, 0.2) is 0 Å². The molecule has 0 spiro atoms. The van der Waals surface area contributed by atoms with Crippen molar-refractivity contribution in [2.24, 2.45) is 5.92 Å². The van der Waals surface area contributed by atoms with Crippen molar-refractivity contribution in [3.05, 3.63) is 161 Å². The Morgan fingerprint density at radius 1 is 0.791 bits per heavy atom. The summed E-state index contributed by atoms with van der Waals surface area (Å²) in [6, 6.07) is 45.5. The molecule has 0 saturated heterocycles. The summed E-state index contributed by atoms with van der Waals surface area (Å²) in [7, 11) is 0. The molecule has 1 aliphatic carbocycles. The first-order chi connectivity index (χ1) is 31.5. The average Bonchev–Trinajstić information content (AvgIpc) is 4.04. The average molecular weight is 1120 g/mol. The second kappa shape index (κ2) is 19.5. The van der Waals surface area contributed by atoms with Crippen molar-refractivity contribution in [2.75, 3.05) is 0 Å². The Hall–Kier alpha value is -5.14. The van der Waals surface area contributed by atoms with Crippen LogP contribution in [0.1, 0.15) is 99.6 Å². The van der Waals surface area contributed by atoms with Gasteiger partial charge in [0.05, 0.1) is 28.1 Å². The van der Waals surface area contributed by atoms with Gasteiger partial charge in [0.1, 0.15) is 0 Å². The van der Waals surface area contributed by atoms with Crippen LogP contribution in [0.2, 0.25) is 17.3 Å². The number of hydrogen-bond donors (Lipinski definition) is 0. The number of aryl methyl sites for hydroxylation is 3. The normalized spacial score (nSPS) is 13.4. The van der Waals surface area contributed by atoms with Gasteiger partial charge in [-0.3, -0.25) is 4.98 Å². The Labute approximate surface area is 414 Å². The molecule has 4 aromatic heterocycles. The van der Waals surface area contributed by atoms with Crippen molar-refractivity contribution in [2.45, 2.75) is 116 Å². The van der Waals surface area contributed by atoms with Crippen LogP contribution in [0.4, 0.5) is 0 Å². The van der Waals surface area contributed by atoms with Crippen LogP contribution >= 0.6 is 0 Å². The van der Waals surface area contributed by atoms with Crippen LogP contribution < -0.4 is 4.40 Å². The molecule has 1 fully saturated rings. The number of benzene rings is 5. The summed E-state index contributed by atoms with van der Waals surface area (Å²) in [5.41, 5.74) is 17.3. The molecule has 9 aromatic rings. The quantitative estimate of drug-likeness (QED) is 0.112. The third-order valence-corrected chi connectivity index (χ3v) is 18.0. The molecule has 7 heteroatoms. The van der Waals surface area contributed by atoms with Gasteiger partial charge < -0.3 is 8.98 Å². The number of hydrogen-bond acceptors (Lipinski definition) is 4. The van der Waals surface area contributed by atoms with Gasteiger partial charge in [-0.2, -0.15) is 0 Å². The molecule has 0 aliphatic heterocycles. The Balaban J connectivity index is 0.000000223. The Bertz CT molecular complexity index is 3180. The Kier molecular flexibility index (Phi) is 14.0. The van der Waals surface area contributed by atoms with E-state index in [-0.39, 0.29) is 25.5 Å².